The Bertz CT molecular complexity index is 1460. The van der Waals surface area contributed by atoms with Crippen molar-refractivity contribution >= 4 is 28.4 Å². The predicted octanol–water partition coefficient (Wildman–Crippen LogP) is 2.55. The number of hydrogen-bond donors (Lipinski definition) is 2. The number of ether oxygens (including phenoxy) is 3. The number of urea groups is 1. The third-order valence-corrected chi connectivity index (χ3v) is 7.10. The quantitative estimate of drug-likeness (QED) is 0.424. The molecular weight excluding hydrogens is 554 g/mol. The number of nitrogens with zero attached hydrogens (tertiary/aromatic N) is 5. The van der Waals surface area contributed by atoms with Gasteiger partial charge in [0.1, 0.15) is 24.6 Å². The van der Waals surface area contributed by atoms with Gasteiger partial charge in [-0.3, -0.25) is 9.89 Å². The number of halogens is 4. The van der Waals surface area contributed by atoms with Gasteiger partial charge < -0.3 is 33.9 Å². The van der Waals surface area contributed by atoms with Gasteiger partial charge in [0, 0.05) is 26.8 Å². The summed E-state index contributed by atoms with van der Waals surface area (Å²) in [6.45, 7) is 1.98. The Hall–Kier alpha value is -3.92. The molecule has 0 bridgehead atoms. The molecule has 16 heteroatoms. The average molecular weight is 584 g/mol. The van der Waals surface area contributed by atoms with Crippen LogP contribution in [-0.4, -0.2) is 95.6 Å². The van der Waals surface area contributed by atoms with E-state index in [0.29, 0.717) is 61.2 Å². The fourth-order valence-electron chi connectivity index (χ4n) is 4.83. The number of piperidine rings is 1. The molecule has 0 saturated carbocycles. The van der Waals surface area contributed by atoms with E-state index in [2.05, 4.69) is 20.5 Å². The van der Waals surface area contributed by atoms with E-state index in [1.807, 2.05) is 0 Å². The first-order chi connectivity index (χ1) is 19.5. The molecule has 0 spiro atoms. The second-order valence-corrected chi connectivity index (χ2v) is 9.91. The van der Waals surface area contributed by atoms with E-state index >= 15 is 4.39 Å². The van der Waals surface area contributed by atoms with E-state index in [1.165, 1.54) is 7.05 Å². The van der Waals surface area contributed by atoms with Crippen LogP contribution >= 0.6 is 0 Å². The molecule has 2 amide bonds. The first-order valence-electron chi connectivity index (χ1n) is 12.9. The molecule has 222 valence electrons. The van der Waals surface area contributed by atoms with Crippen molar-refractivity contribution < 1.29 is 36.6 Å². The van der Waals surface area contributed by atoms with Crippen LogP contribution in [0.4, 0.5) is 33.7 Å². The van der Waals surface area contributed by atoms with Gasteiger partial charge in [-0.05, 0) is 18.6 Å². The van der Waals surface area contributed by atoms with Crippen molar-refractivity contribution in [2.24, 2.45) is 7.05 Å². The van der Waals surface area contributed by atoms with Gasteiger partial charge in [-0.15, -0.1) is 5.10 Å². The van der Waals surface area contributed by atoms with Crippen molar-refractivity contribution in [1.82, 2.24) is 24.6 Å². The number of fused-ring (bicyclic) bond motifs is 1. The van der Waals surface area contributed by atoms with Crippen LogP contribution in [-0.2, 0) is 22.7 Å². The third-order valence-electron chi connectivity index (χ3n) is 7.10. The highest BCUT2D eigenvalue weighted by Gasteiger charge is 2.36. The van der Waals surface area contributed by atoms with Crippen LogP contribution in [0.15, 0.2) is 29.3 Å². The molecule has 3 aromatic rings. The number of carbonyl (C=O) groups excluding carboxylic acids is 1. The van der Waals surface area contributed by atoms with Crippen LogP contribution in [0, 0.1) is 0 Å². The maximum absolute atomic E-state index is 15.4. The molecule has 12 nitrogen and oxygen atoms in total. The summed E-state index contributed by atoms with van der Waals surface area (Å²) in [5, 5.41) is 9.78. The molecule has 5 heterocycles. The highest BCUT2D eigenvalue weighted by molar-refractivity contribution is 5.89. The van der Waals surface area contributed by atoms with Crippen LogP contribution in [0.2, 0.25) is 0 Å². The van der Waals surface area contributed by atoms with Crippen molar-refractivity contribution in [3.05, 3.63) is 40.4 Å². The minimum absolute atomic E-state index is 0.0674. The number of nitrogens with one attached hydrogen (secondary N) is 2. The summed E-state index contributed by atoms with van der Waals surface area (Å²) < 4.78 is 72.4. The molecule has 2 N–H and O–H groups in total. The lowest BCUT2D eigenvalue weighted by atomic mass is 10.0. The van der Waals surface area contributed by atoms with E-state index in [9.17, 15) is 22.8 Å². The summed E-state index contributed by atoms with van der Waals surface area (Å²) in [6, 6.07) is 0.587. The lowest BCUT2D eigenvalue weighted by Gasteiger charge is -2.39. The first-order valence-corrected chi connectivity index (χ1v) is 12.9. The number of alkyl halides is 4. The summed E-state index contributed by atoms with van der Waals surface area (Å²) in [5.41, 5.74) is -1.35. The van der Waals surface area contributed by atoms with Crippen LogP contribution in [0.25, 0.3) is 11.0 Å². The van der Waals surface area contributed by atoms with Crippen LogP contribution in [0.3, 0.4) is 0 Å². The molecule has 3 atom stereocenters. The Morgan fingerprint density at radius 2 is 2.12 bits per heavy atom. The zero-order valence-corrected chi connectivity index (χ0v) is 22.3. The number of aryl methyl sites for hydroxylation is 1. The number of pyridine rings is 2. The minimum atomic E-state index is -4.71. The Morgan fingerprint density at radius 1 is 1.32 bits per heavy atom. The highest BCUT2D eigenvalue weighted by atomic mass is 19.4. The molecule has 5 rings (SSSR count). The maximum atomic E-state index is 15.4. The molecule has 3 aromatic heterocycles. The molecule has 2 aliphatic rings. The molecule has 2 saturated heterocycles. The first kappa shape index (κ1) is 28.6. The molecule has 0 aromatic carbocycles. The molecule has 2 fully saturated rings. The Labute approximate surface area is 231 Å². The number of H-pyrrole nitrogens is 1. The average Bonchev–Trinajstić information content (AvgIpc) is 3.36. The van der Waals surface area contributed by atoms with Crippen molar-refractivity contribution in [1.29, 1.82) is 0 Å². The Kier molecular flexibility index (Phi) is 8.04. The number of amides is 2. The summed E-state index contributed by atoms with van der Waals surface area (Å²) in [7, 11) is 2.49. The SMILES string of the molecule is CN(C(=O)Nc1cc(C(F)(F)F)cn(C)c1=O)[C@H]1CCN(c2cnc3[nH]nc(OCC4COCCO4)c3c2)C[C@H]1F. The van der Waals surface area contributed by atoms with Crippen LogP contribution in [0.5, 0.6) is 5.88 Å². The summed E-state index contributed by atoms with van der Waals surface area (Å²) in [6.07, 6.45) is -3.99. The second-order valence-electron chi connectivity index (χ2n) is 9.91. The van der Waals surface area contributed by atoms with Crippen LogP contribution < -0.4 is 20.5 Å². The number of rotatable bonds is 6. The van der Waals surface area contributed by atoms with Crippen molar-refractivity contribution in [2.45, 2.75) is 30.9 Å². The van der Waals surface area contributed by atoms with Gasteiger partial charge in [0.15, 0.2) is 5.65 Å². The topological polar surface area (TPSA) is 127 Å². The fraction of sp³-hybridized carbons (Fsp3) is 0.520. The van der Waals surface area contributed by atoms with E-state index in [-0.39, 0.29) is 25.7 Å². The Balaban J connectivity index is 1.23. The van der Waals surface area contributed by atoms with Gasteiger partial charge >= 0.3 is 12.2 Å². The standard InChI is InChI=1S/C25H29F4N7O5/c1-34-10-14(25(27,28)29)7-19(23(34)37)31-24(38)35(2)20-3-4-36(11-18(20)26)15-8-17-21(30-9-15)32-33-22(17)41-13-16-12-39-5-6-40-16/h7-10,16,18,20H,3-6,11-13H2,1-2H3,(H,31,38)(H,30,32,33)/t16?,18-,20+/m1/s1. The van der Waals surface area contributed by atoms with Crippen LogP contribution in [0.1, 0.15) is 12.0 Å². The van der Waals surface area contributed by atoms with Crippen molar-refractivity contribution in [3.8, 4) is 5.88 Å². The molecule has 0 radical (unpaired) electrons. The Morgan fingerprint density at radius 3 is 2.83 bits per heavy atom. The normalized spacial score (nSPS) is 21.6. The maximum Gasteiger partial charge on any atom is 0.417 e. The smallest absolute Gasteiger partial charge is 0.417 e. The lowest BCUT2D eigenvalue weighted by molar-refractivity contribution is -0.138. The van der Waals surface area contributed by atoms with E-state index in [1.54, 1.807) is 17.2 Å². The number of carbonyl (C=O) groups is 1. The zero-order chi connectivity index (χ0) is 29.3. The number of aromatic amines is 1. The molecular formula is C25H29F4N7O5. The fourth-order valence-corrected chi connectivity index (χ4v) is 4.83. The van der Waals surface area contributed by atoms with Gasteiger partial charge in [-0.1, -0.05) is 0 Å². The molecule has 41 heavy (non-hydrogen) atoms. The number of anilines is 2. The molecule has 1 unspecified atom stereocenters. The third kappa shape index (κ3) is 6.22. The predicted molar refractivity (Wildman–Crippen MR) is 139 cm³/mol. The van der Waals surface area contributed by atoms with Gasteiger partial charge in [0.2, 0.25) is 5.88 Å². The van der Waals surface area contributed by atoms with Crippen molar-refractivity contribution in [2.75, 3.05) is 56.8 Å². The monoisotopic (exact) mass is 583 g/mol. The van der Waals surface area contributed by atoms with Gasteiger partial charge in [-0.2, -0.15) is 13.2 Å². The summed E-state index contributed by atoms with van der Waals surface area (Å²) in [5.74, 6) is 0.326. The number of aromatic nitrogens is 4. The molecule has 0 aliphatic carbocycles. The highest BCUT2D eigenvalue weighted by Crippen LogP contribution is 2.31. The number of hydrogen-bond acceptors (Lipinski definition) is 8. The molecule has 2 aliphatic heterocycles. The van der Waals surface area contributed by atoms with E-state index in [4.69, 9.17) is 14.2 Å². The zero-order valence-electron chi connectivity index (χ0n) is 22.3. The lowest BCUT2D eigenvalue weighted by Crippen LogP contribution is -2.54. The van der Waals surface area contributed by atoms with Gasteiger partial charge in [0.05, 0.1) is 55.2 Å². The summed E-state index contributed by atoms with van der Waals surface area (Å²) >= 11 is 0. The summed E-state index contributed by atoms with van der Waals surface area (Å²) in [4.78, 5) is 32.3. The largest absolute Gasteiger partial charge is 0.473 e. The second kappa shape index (κ2) is 11.5. The van der Waals surface area contributed by atoms with E-state index < -0.39 is 41.2 Å². The van der Waals surface area contributed by atoms with E-state index in [0.717, 1.165) is 16.5 Å². The van der Waals surface area contributed by atoms with Gasteiger partial charge in [0.25, 0.3) is 5.56 Å². The van der Waals surface area contributed by atoms with Crippen molar-refractivity contribution in [3.63, 3.8) is 0 Å². The van der Waals surface area contributed by atoms with Gasteiger partial charge in [-0.25, -0.2) is 14.2 Å². The minimum Gasteiger partial charge on any atom is -0.473 e.